The number of aliphatic hydroxyl groups excluding tert-OH is 1. The van der Waals surface area contributed by atoms with E-state index in [0.29, 0.717) is 35.4 Å². The minimum atomic E-state index is -0.314. The average Bonchev–Trinajstić information content (AvgIpc) is 3.19. The summed E-state index contributed by atoms with van der Waals surface area (Å²) in [6.45, 7) is 2.81. The van der Waals surface area contributed by atoms with E-state index in [1.54, 1.807) is 27.9 Å². The number of carbonyl (C=O) groups excluding carboxylic acids is 1. The predicted octanol–water partition coefficient (Wildman–Crippen LogP) is 3.74. The lowest BCUT2D eigenvalue weighted by Crippen LogP contribution is -2.33. The fourth-order valence-electron chi connectivity index (χ4n) is 3.60. The maximum atomic E-state index is 13.6. The molecule has 0 aliphatic carbocycles. The summed E-state index contributed by atoms with van der Waals surface area (Å²) >= 11 is 0. The summed E-state index contributed by atoms with van der Waals surface area (Å²) in [5, 5.41) is 14.4. The molecule has 0 spiro atoms. The molecule has 0 unspecified atom stereocenters. The van der Waals surface area contributed by atoms with Gasteiger partial charge in [0.05, 0.1) is 36.0 Å². The Balaban J connectivity index is 1.86. The monoisotopic (exact) mass is 418 g/mol. The Labute approximate surface area is 179 Å². The second-order valence-corrected chi connectivity index (χ2v) is 7.20. The maximum Gasteiger partial charge on any atom is 0.254 e. The van der Waals surface area contributed by atoms with Gasteiger partial charge in [0.1, 0.15) is 5.82 Å². The number of rotatable bonds is 7. The van der Waals surface area contributed by atoms with Gasteiger partial charge in [-0.2, -0.15) is 5.10 Å². The highest BCUT2D eigenvalue weighted by atomic mass is 19.1. The van der Waals surface area contributed by atoms with Gasteiger partial charge in [-0.3, -0.25) is 4.79 Å². The Morgan fingerprint density at radius 3 is 2.65 bits per heavy atom. The minimum Gasteiger partial charge on any atom is -0.395 e. The number of fused-ring (bicyclic) bond motifs is 1. The molecule has 4 aromatic rings. The predicted molar refractivity (Wildman–Crippen MR) is 117 cm³/mol. The number of hydrogen-bond donors (Lipinski definition) is 1. The Morgan fingerprint density at radius 2 is 1.94 bits per heavy atom. The van der Waals surface area contributed by atoms with E-state index in [1.165, 1.54) is 12.1 Å². The molecule has 4 rings (SSSR count). The topological polar surface area (TPSA) is 71.2 Å². The minimum absolute atomic E-state index is 0.113. The van der Waals surface area contributed by atoms with Crippen LogP contribution in [0.15, 0.2) is 66.9 Å². The van der Waals surface area contributed by atoms with Gasteiger partial charge in [-0.1, -0.05) is 42.5 Å². The van der Waals surface area contributed by atoms with E-state index in [9.17, 15) is 14.3 Å². The van der Waals surface area contributed by atoms with Crippen molar-refractivity contribution in [1.29, 1.82) is 0 Å². The summed E-state index contributed by atoms with van der Waals surface area (Å²) < 4.78 is 15.3. The maximum absolute atomic E-state index is 13.6. The van der Waals surface area contributed by atoms with Crippen LogP contribution in [0.1, 0.15) is 22.8 Å². The van der Waals surface area contributed by atoms with Gasteiger partial charge in [0.25, 0.3) is 5.91 Å². The SMILES string of the molecule is CCN(CCO)C(=O)c1cc(-c2ccccc2)nc2c1cnn2Cc1cccc(F)c1. The number of hydrogen-bond acceptors (Lipinski definition) is 4. The van der Waals surface area contributed by atoms with Gasteiger partial charge in [-0.15, -0.1) is 0 Å². The van der Waals surface area contributed by atoms with E-state index < -0.39 is 0 Å². The molecule has 0 atom stereocenters. The molecule has 2 aromatic carbocycles. The Bertz CT molecular complexity index is 1210. The summed E-state index contributed by atoms with van der Waals surface area (Å²) in [6.07, 6.45) is 1.62. The molecule has 2 aromatic heterocycles. The van der Waals surface area contributed by atoms with E-state index in [1.807, 2.05) is 43.3 Å². The summed E-state index contributed by atoms with van der Waals surface area (Å²) in [4.78, 5) is 19.7. The van der Waals surface area contributed by atoms with Crippen LogP contribution >= 0.6 is 0 Å². The van der Waals surface area contributed by atoms with Gasteiger partial charge in [0.2, 0.25) is 0 Å². The highest BCUT2D eigenvalue weighted by Gasteiger charge is 2.21. The van der Waals surface area contributed by atoms with Gasteiger partial charge in [0.15, 0.2) is 5.65 Å². The summed E-state index contributed by atoms with van der Waals surface area (Å²) in [5.41, 5.74) is 3.30. The Kier molecular flexibility index (Phi) is 6.04. The highest BCUT2D eigenvalue weighted by molar-refractivity contribution is 6.06. The van der Waals surface area contributed by atoms with Crippen LogP contribution in [0.4, 0.5) is 4.39 Å². The third kappa shape index (κ3) is 4.32. The van der Waals surface area contributed by atoms with Crippen LogP contribution in [-0.4, -0.2) is 50.4 Å². The molecule has 2 heterocycles. The zero-order valence-corrected chi connectivity index (χ0v) is 17.2. The molecule has 0 saturated carbocycles. The summed E-state index contributed by atoms with van der Waals surface area (Å²) in [6, 6.07) is 17.7. The molecular formula is C24H23FN4O2. The number of benzene rings is 2. The number of amides is 1. The fraction of sp³-hybridized carbons (Fsp3) is 0.208. The van der Waals surface area contributed by atoms with Crippen molar-refractivity contribution in [3.63, 3.8) is 0 Å². The van der Waals surface area contributed by atoms with Crippen molar-refractivity contribution in [2.24, 2.45) is 0 Å². The molecule has 0 saturated heterocycles. The molecule has 0 aliphatic rings. The number of halogens is 1. The number of likely N-dealkylation sites (N-methyl/N-ethyl adjacent to an activating group) is 1. The summed E-state index contributed by atoms with van der Waals surface area (Å²) in [7, 11) is 0. The highest BCUT2D eigenvalue weighted by Crippen LogP contribution is 2.26. The van der Waals surface area contributed by atoms with E-state index in [4.69, 9.17) is 4.98 Å². The first-order valence-corrected chi connectivity index (χ1v) is 10.2. The van der Waals surface area contributed by atoms with Crippen molar-refractivity contribution in [1.82, 2.24) is 19.7 Å². The lowest BCUT2D eigenvalue weighted by atomic mass is 10.1. The van der Waals surface area contributed by atoms with Crippen LogP contribution in [-0.2, 0) is 6.54 Å². The molecule has 6 nitrogen and oxygen atoms in total. The van der Waals surface area contributed by atoms with Gasteiger partial charge in [-0.25, -0.2) is 14.1 Å². The zero-order valence-electron chi connectivity index (χ0n) is 17.2. The first-order valence-electron chi connectivity index (χ1n) is 10.2. The van der Waals surface area contributed by atoms with E-state index in [-0.39, 0.29) is 24.9 Å². The third-order valence-electron chi connectivity index (χ3n) is 5.17. The molecule has 1 N–H and O–H groups in total. The Morgan fingerprint density at radius 1 is 1.13 bits per heavy atom. The van der Waals surface area contributed by atoms with E-state index in [2.05, 4.69) is 5.10 Å². The molecule has 0 fully saturated rings. The number of aliphatic hydroxyl groups is 1. The quantitative estimate of drug-likeness (QED) is 0.496. The third-order valence-corrected chi connectivity index (χ3v) is 5.17. The van der Waals surface area contributed by atoms with E-state index in [0.717, 1.165) is 11.1 Å². The molecule has 0 aliphatic heterocycles. The van der Waals surface area contributed by atoms with Gasteiger partial charge in [-0.05, 0) is 30.7 Å². The lowest BCUT2D eigenvalue weighted by Gasteiger charge is -2.20. The largest absolute Gasteiger partial charge is 0.395 e. The van der Waals surface area contributed by atoms with Crippen LogP contribution in [0, 0.1) is 5.82 Å². The zero-order chi connectivity index (χ0) is 21.8. The van der Waals surface area contributed by atoms with Crippen LogP contribution in [0.3, 0.4) is 0 Å². The molecule has 31 heavy (non-hydrogen) atoms. The number of carbonyl (C=O) groups is 1. The van der Waals surface area contributed by atoms with Crippen molar-refractivity contribution in [3.8, 4) is 11.3 Å². The molecule has 0 bridgehead atoms. The van der Waals surface area contributed by atoms with Crippen molar-refractivity contribution in [2.75, 3.05) is 19.7 Å². The van der Waals surface area contributed by atoms with Crippen molar-refractivity contribution < 1.29 is 14.3 Å². The molecule has 0 radical (unpaired) electrons. The van der Waals surface area contributed by atoms with Gasteiger partial charge >= 0.3 is 0 Å². The Hall–Kier alpha value is -3.58. The second-order valence-electron chi connectivity index (χ2n) is 7.20. The molecular weight excluding hydrogens is 395 g/mol. The van der Waals surface area contributed by atoms with Crippen molar-refractivity contribution in [2.45, 2.75) is 13.5 Å². The smallest absolute Gasteiger partial charge is 0.254 e. The molecule has 158 valence electrons. The van der Waals surface area contributed by atoms with E-state index >= 15 is 0 Å². The first-order chi connectivity index (χ1) is 15.1. The van der Waals surface area contributed by atoms with Gasteiger partial charge < -0.3 is 10.0 Å². The summed E-state index contributed by atoms with van der Waals surface area (Å²) in [5.74, 6) is -0.503. The van der Waals surface area contributed by atoms with Crippen LogP contribution in [0.5, 0.6) is 0 Å². The lowest BCUT2D eigenvalue weighted by molar-refractivity contribution is 0.0734. The number of pyridine rings is 1. The fourth-order valence-corrected chi connectivity index (χ4v) is 3.60. The normalized spacial score (nSPS) is 11.1. The van der Waals surface area contributed by atoms with Crippen LogP contribution in [0.25, 0.3) is 22.3 Å². The van der Waals surface area contributed by atoms with Crippen LogP contribution < -0.4 is 0 Å². The standard InChI is InChI=1S/C24H23FN4O2/c1-2-28(11-12-30)24(31)20-14-22(18-8-4-3-5-9-18)27-23-21(20)15-26-29(23)16-17-7-6-10-19(25)13-17/h3-10,13-15,30H,2,11-12,16H2,1H3. The van der Waals surface area contributed by atoms with Gasteiger partial charge in [0, 0.05) is 18.7 Å². The molecule has 1 amide bonds. The van der Waals surface area contributed by atoms with Crippen molar-refractivity contribution >= 4 is 16.9 Å². The number of aromatic nitrogens is 3. The number of nitrogens with zero attached hydrogens (tertiary/aromatic N) is 4. The molecule has 7 heteroatoms. The second kappa shape index (κ2) is 9.06. The first kappa shape index (κ1) is 20.7. The van der Waals surface area contributed by atoms with Crippen molar-refractivity contribution in [3.05, 3.63) is 83.8 Å². The van der Waals surface area contributed by atoms with Crippen LogP contribution in [0.2, 0.25) is 0 Å². The average molecular weight is 418 g/mol.